The summed E-state index contributed by atoms with van der Waals surface area (Å²) in [6, 6.07) is 9.85. The number of carbonyl (C=O) groups is 1. The predicted octanol–water partition coefficient (Wildman–Crippen LogP) is 4.46. The molecule has 0 saturated heterocycles. The average molecular weight is 439 g/mol. The number of nitrogens with zero attached hydrogens (tertiary/aromatic N) is 2. The number of rotatable bonds is 10. The van der Waals surface area contributed by atoms with Crippen LogP contribution in [-0.4, -0.2) is 42.9 Å². The van der Waals surface area contributed by atoms with E-state index in [1.807, 2.05) is 0 Å². The Morgan fingerprint density at radius 1 is 1.12 bits per heavy atom. The van der Waals surface area contributed by atoms with Crippen molar-refractivity contribution in [1.82, 2.24) is 15.3 Å². The Balaban J connectivity index is 1.40. The molecule has 0 bridgehead atoms. The van der Waals surface area contributed by atoms with E-state index in [1.165, 1.54) is 25.2 Å². The molecule has 1 fully saturated rings. The van der Waals surface area contributed by atoms with E-state index < -0.39 is 5.82 Å². The second-order valence-corrected chi connectivity index (χ2v) is 7.68. The highest BCUT2D eigenvalue weighted by Crippen LogP contribution is 2.32. The summed E-state index contributed by atoms with van der Waals surface area (Å²) in [5.41, 5.74) is 1.79. The SMILES string of the molecule is COCCOc1cc(F)c2c(Nc3ccc(NC(=O)NCCC4CC4)cc3)ncnc2c1. The number of nitrogens with one attached hydrogen (secondary N) is 3. The Morgan fingerprint density at radius 3 is 2.66 bits per heavy atom. The molecular formula is C23H26FN5O3. The predicted molar refractivity (Wildman–Crippen MR) is 121 cm³/mol. The summed E-state index contributed by atoms with van der Waals surface area (Å²) < 4.78 is 25.2. The molecule has 9 heteroatoms. The number of halogens is 1. The van der Waals surface area contributed by atoms with Crippen molar-refractivity contribution in [2.75, 3.05) is 37.5 Å². The highest BCUT2D eigenvalue weighted by Gasteiger charge is 2.20. The van der Waals surface area contributed by atoms with Crippen LogP contribution in [0.2, 0.25) is 0 Å². The van der Waals surface area contributed by atoms with Crippen LogP contribution in [0, 0.1) is 11.7 Å². The highest BCUT2D eigenvalue weighted by molar-refractivity contribution is 5.92. The Bertz CT molecular complexity index is 1070. The van der Waals surface area contributed by atoms with Crippen LogP contribution in [0.1, 0.15) is 19.3 Å². The van der Waals surface area contributed by atoms with Crippen molar-refractivity contribution in [3.05, 3.63) is 48.5 Å². The highest BCUT2D eigenvalue weighted by atomic mass is 19.1. The number of benzene rings is 2. The zero-order valence-corrected chi connectivity index (χ0v) is 17.9. The molecule has 3 N–H and O–H groups in total. The van der Waals surface area contributed by atoms with Gasteiger partial charge in [-0.25, -0.2) is 19.2 Å². The number of urea groups is 1. The van der Waals surface area contributed by atoms with Gasteiger partial charge in [0.1, 0.15) is 30.3 Å². The van der Waals surface area contributed by atoms with Gasteiger partial charge in [0.15, 0.2) is 0 Å². The lowest BCUT2D eigenvalue weighted by Gasteiger charge is -2.12. The van der Waals surface area contributed by atoms with Gasteiger partial charge in [0, 0.05) is 37.2 Å². The largest absolute Gasteiger partial charge is 0.491 e. The summed E-state index contributed by atoms with van der Waals surface area (Å²) in [6.45, 7) is 1.40. The summed E-state index contributed by atoms with van der Waals surface area (Å²) in [5, 5.41) is 9.05. The van der Waals surface area contributed by atoms with Crippen LogP contribution in [0.4, 0.5) is 26.4 Å². The van der Waals surface area contributed by atoms with E-state index in [9.17, 15) is 9.18 Å². The van der Waals surface area contributed by atoms with Crippen molar-refractivity contribution in [3.8, 4) is 5.75 Å². The van der Waals surface area contributed by atoms with E-state index in [-0.39, 0.29) is 11.4 Å². The smallest absolute Gasteiger partial charge is 0.319 e. The summed E-state index contributed by atoms with van der Waals surface area (Å²) in [4.78, 5) is 20.3. The van der Waals surface area contributed by atoms with Gasteiger partial charge in [-0.3, -0.25) is 0 Å². The number of aromatic nitrogens is 2. The second-order valence-electron chi connectivity index (χ2n) is 7.68. The summed E-state index contributed by atoms with van der Waals surface area (Å²) in [6.07, 6.45) is 4.94. The third-order valence-corrected chi connectivity index (χ3v) is 5.16. The molecule has 0 atom stereocenters. The fourth-order valence-corrected chi connectivity index (χ4v) is 3.28. The third-order valence-electron chi connectivity index (χ3n) is 5.16. The first-order chi connectivity index (χ1) is 15.6. The minimum absolute atomic E-state index is 0.223. The normalized spacial score (nSPS) is 13.1. The van der Waals surface area contributed by atoms with Crippen LogP contribution in [0.25, 0.3) is 10.9 Å². The number of fused-ring (bicyclic) bond motifs is 1. The molecule has 1 aliphatic rings. The first kappa shape index (κ1) is 21.8. The molecular weight excluding hydrogens is 413 g/mol. The van der Waals surface area contributed by atoms with Crippen molar-refractivity contribution < 1.29 is 18.7 Å². The molecule has 0 unspecified atom stereocenters. The van der Waals surface area contributed by atoms with Gasteiger partial charge in [-0.15, -0.1) is 0 Å². The fraction of sp³-hybridized carbons (Fsp3) is 0.348. The Hall–Kier alpha value is -3.46. The summed E-state index contributed by atoms with van der Waals surface area (Å²) in [5.74, 6) is 1.01. The van der Waals surface area contributed by atoms with Gasteiger partial charge >= 0.3 is 6.03 Å². The zero-order valence-electron chi connectivity index (χ0n) is 17.9. The lowest BCUT2D eigenvalue weighted by Crippen LogP contribution is -2.29. The molecule has 32 heavy (non-hydrogen) atoms. The molecule has 8 nitrogen and oxygen atoms in total. The maximum absolute atomic E-state index is 14.8. The molecule has 1 aliphatic carbocycles. The molecule has 1 saturated carbocycles. The molecule has 0 radical (unpaired) electrons. The van der Waals surface area contributed by atoms with Gasteiger partial charge in [-0.05, 0) is 36.6 Å². The van der Waals surface area contributed by atoms with Crippen molar-refractivity contribution in [2.24, 2.45) is 5.92 Å². The Morgan fingerprint density at radius 2 is 1.91 bits per heavy atom. The topological polar surface area (TPSA) is 97.4 Å². The minimum Gasteiger partial charge on any atom is -0.491 e. The van der Waals surface area contributed by atoms with Crippen LogP contribution in [0.3, 0.4) is 0 Å². The van der Waals surface area contributed by atoms with Crippen molar-refractivity contribution >= 4 is 34.1 Å². The molecule has 1 heterocycles. The number of hydrogen-bond acceptors (Lipinski definition) is 6. The van der Waals surface area contributed by atoms with Crippen LogP contribution in [-0.2, 0) is 4.74 Å². The van der Waals surface area contributed by atoms with Crippen molar-refractivity contribution in [2.45, 2.75) is 19.3 Å². The zero-order chi connectivity index (χ0) is 22.3. The summed E-state index contributed by atoms with van der Waals surface area (Å²) in [7, 11) is 1.57. The van der Waals surface area contributed by atoms with Crippen LogP contribution in [0.15, 0.2) is 42.7 Å². The van der Waals surface area contributed by atoms with Gasteiger partial charge in [0.05, 0.1) is 17.5 Å². The molecule has 0 aliphatic heterocycles. The number of methoxy groups -OCH3 is 1. The molecule has 2 aromatic carbocycles. The third kappa shape index (κ3) is 5.82. The van der Waals surface area contributed by atoms with Crippen LogP contribution < -0.4 is 20.7 Å². The lowest BCUT2D eigenvalue weighted by molar-refractivity contribution is 0.146. The van der Waals surface area contributed by atoms with E-state index >= 15 is 0 Å². The van der Waals surface area contributed by atoms with Gasteiger partial charge in [-0.2, -0.15) is 0 Å². The second kappa shape index (κ2) is 10.2. The van der Waals surface area contributed by atoms with Crippen molar-refractivity contribution in [1.29, 1.82) is 0 Å². The first-order valence-electron chi connectivity index (χ1n) is 10.6. The van der Waals surface area contributed by atoms with Crippen LogP contribution in [0.5, 0.6) is 5.75 Å². The number of amides is 2. The van der Waals surface area contributed by atoms with Gasteiger partial charge in [0.2, 0.25) is 0 Å². The maximum atomic E-state index is 14.8. The van der Waals surface area contributed by atoms with E-state index in [4.69, 9.17) is 9.47 Å². The Kier molecular flexibility index (Phi) is 6.96. The van der Waals surface area contributed by atoms with E-state index in [1.54, 1.807) is 37.4 Å². The van der Waals surface area contributed by atoms with E-state index in [0.29, 0.717) is 48.2 Å². The monoisotopic (exact) mass is 439 g/mol. The molecule has 168 valence electrons. The van der Waals surface area contributed by atoms with Gasteiger partial charge < -0.3 is 25.4 Å². The van der Waals surface area contributed by atoms with Gasteiger partial charge in [-0.1, -0.05) is 12.8 Å². The molecule has 0 spiro atoms. The molecule has 2 amide bonds. The maximum Gasteiger partial charge on any atom is 0.319 e. The fourth-order valence-electron chi connectivity index (χ4n) is 3.28. The lowest BCUT2D eigenvalue weighted by atomic mass is 10.2. The standard InChI is InChI=1S/C23H26FN5O3/c1-31-10-11-32-18-12-19(24)21-20(13-18)26-14-27-22(21)28-16-4-6-17(7-5-16)29-23(30)25-9-8-15-2-3-15/h4-7,12-15H,2-3,8-11H2,1H3,(H2,25,29,30)(H,26,27,28). The van der Waals surface area contributed by atoms with E-state index in [2.05, 4.69) is 25.9 Å². The number of carbonyl (C=O) groups excluding carboxylic acids is 1. The number of ether oxygens (including phenoxy) is 2. The van der Waals surface area contributed by atoms with Crippen LogP contribution >= 0.6 is 0 Å². The average Bonchev–Trinajstić information content (AvgIpc) is 3.60. The first-order valence-corrected chi connectivity index (χ1v) is 10.6. The van der Waals surface area contributed by atoms with E-state index in [0.717, 1.165) is 12.3 Å². The number of anilines is 3. The Labute approximate surface area is 185 Å². The quantitative estimate of drug-likeness (QED) is 0.404. The van der Waals surface area contributed by atoms with Gasteiger partial charge in [0.25, 0.3) is 0 Å². The minimum atomic E-state index is -0.487. The molecule has 3 aromatic rings. The summed E-state index contributed by atoms with van der Waals surface area (Å²) >= 11 is 0. The van der Waals surface area contributed by atoms with Crippen molar-refractivity contribution in [3.63, 3.8) is 0 Å². The number of hydrogen-bond donors (Lipinski definition) is 3. The molecule has 1 aromatic heterocycles. The molecule has 4 rings (SSSR count).